The van der Waals surface area contributed by atoms with Crippen LogP contribution in [-0.2, 0) is 4.79 Å². The van der Waals surface area contributed by atoms with Gasteiger partial charge in [0.05, 0.1) is 14.2 Å². The monoisotopic (exact) mass is 399 g/mol. The molecule has 0 aromatic heterocycles. The second kappa shape index (κ2) is 7.89. The number of halogens is 1. The Kier molecular flexibility index (Phi) is 6.16. The second-order valence-electron chi connectivity index (χ2n) is 4.13. The fourth-order valence-electron chi connectivity index (χ4n) is 1.79. The first kappa shape index (κ1) is 17.2. The van der Waals surface area contributed by atoms with Gasteiger partial charge in [-0.1, -0.05) is 33.8 Å². The number of carbonyl (C=O) groups excluding carboxylic acids is 1. The zero-order chi connectivity index (χ0) is 16.1. The molecular weight excluding hydrogens is 386 g/mol. The van der Waals surface area contributed by atoms with E-state index in [4.69, 9.17) is 9.47 Å². The summed E-state index contributed by atoms with van der Waals surface area (Å²) < 4.78 is 12.2. The van der Waals surface area contributed by atoms with Crippen LogP contribution in [0, 0.1) is 0 Å². The maximum absolute atomic E-state index is 12.0. The van der Waals surface area contributed by atoms with E-state index in [-0.39, 0.29) is 5.12 Å². The quantitative estimate of drug-likeness (QED) is 0.543. The molecule has 2 rings (SSSR count). The number of benzene rings is 1. The van der Waals surface area contributed by atoms with Gasteiger partial charge in [-0.15, -0.1) is 6.58 Å². The maximum atomic E-state index is 12.0. The molecule has 1 aromatic rings. The molecule has 0 saturated carbocycles. The molecule has 1 aliphatic rings. The Morgan fingerprint density at radius 1 is 1.41 bits per heavy atom. The summed E-state index contributed by atoms with van der Waals surface area (Å²) in [7, 11) is 3.13. The fraction of sp³-hybridized carbons (Fsp3) is 0.200. The highest BCUT2D eigenvalue weighted by Crippen LogP contribution is 2.38. The van der Waals surface area contributed by atoms with Crippen molar-refractivity contribution in [2.24, 2.45) is 4.99 Å². The smallest absolute Gasteiger partial charge is 0.244 e. The zero-order valence-corrected chi connectivity index (χ0v) is 15.3. The van der Waals surface area contributed by atoms with Gasteiger partial charge in [0.1, 0.15) is 10.1 Å². The summed E-state index contributed by atoms with van der Waals surface area (Å²) in [5, 5.41) is -0.0763. The van der Waals surface area contributed by atoms with E-state index < -0.39 is 0 Å². The third kappa shape index (κ3) is 3.97. The molecular formula is C15H14BrNO3S2. The average molecular weight is 400 g/mol. The molecule has 22 heavy (non-hydrogen) atoms. The number of hydrogen-bond donors (Lipinski definition) is 0. The normalized spacial score (nSPS) is 15.9. The number of carbonyl (C=O) groups is 1. The van der Waals surface area contributed by atoms with Crippen molar-refractivity contribution < 1.29 is 14.3 Å². The van der Waals surface area contributed by atoms with Gasteiger partial charge in [-0.05, 0) is 30.0 Å². The van der Waals surface area contributed by atoms with E-state index >= 15 is 0 Å². The molecule has 0 amide bonds. The lowest BCUT2D eigenvalue weighted by Crippen LogP contribution is -1.95. The molecule has 1 aromatic carbocycles. The molecule has 0 unspecified atom stereocenters. The highest BCUT2D eigenvalue weighted by Gasteiger charge is 2.23. The predicted octanol–water partition coefficient (Wildman–Crippen LogP) is 4.36. The molecule has 4 nitrogen and oxygen atoms in total. The number of aliphatic imine (C=N–C) groups is 1. The van der Waals surface area contributed by atoms with Gasteiger partial charge in [-0.25, -0.2) is 4.99 Å². The maximum Gasteiger partial charge on any atom is 0.244 e. The Morgan fingerprint density at radius 3 is 2.82 bits per heavy atom. The molecule has 0 fully saturated rings. The molecule has 7 heteroatoms. The fourth-order valence-corrected chi connectivity index (χ4v) is 3.85. The van der Waals surface area contributed by atoms with Crippen molar-refractivity contribution in [2.45, 2.75) is 0 Å². The summed E-state index contributed by atoms with van der Waals surface area (Å²) in [4.78, 5) is 16.4. The minimum absolute atomic E-state index is 0.0763. The Morgan fingerprint density at radius 2 is 2.18 bits per heavy atom. The molecule has 0 bridgehead atoms. The summed E-state index contributed by atoms with van der Waals surface area (Å²) in [5.41, 5.74) is 1.13. The van der Waals surface area contributed by atoms with Crippen LogP contribution in [-0.4, -0.2) is 29.5 Å². The number of nitrogens with zero attached hydrogens (tertiary/aromatic N) is 1. The van der Waals surface area contributed by atoms with Gasteiger partial charge in [0.2, 0.25) is 5.12 Å². The van der Waals surface area contributed by atoms with E-state index in [9.17, 15) is 4.79 Å². The molecule has 0 spiro atoms. The third-order valence-corrected chi connectivity index (χ3v) is 5.15. The average Bonchev–Trinajstić information content (AvgIpc) is 2.84. The molecule has 116 valence electrons. The summed E-state index contributed by atoms with van der Waals surface area (Å²) >= 11 is 6.05. The molecule has 0 atom stereocenters. The highest BCUT2D eigenvalue weighted by atomic mass is 79.9. The third-order valence-electron chi connectivity index (χ3n) is 2.69. The summed E-state index contributed by atoms with van der Waals surface area (Å²) in [5.74, 6) is 1.88. The second-order valence-corrected chi connectivity index (χ2v) is 7.27. The topological polar surface area (TPSA) is 47.9 Å². The lowest BCUT2D eigenvalue weighted by atomic mass is 10.1. The van der Waals surface area contributed by atoms with Crippen molar-refractivity contribution in [1.29, 1.82) is 0 Å². The first-order chi connectivity index (χ1) is 10.6. The number of methoxy groups -OCH3 is 2. The minimum Gasteiger partial charge on any atom is -0.493 e. The van der Waals surface area contributed by atoms with E-state index in [2.05, 4.69) is 27.5 Å². The Labute approximate surface area is 146 Å². The number of thioether (sulfide) groups is 2. The van der Waals surface area contributed by atoms with Crippen LogP contribution in [0.15, 0.2) is 39.9 Å². The van der Waals surface area contributed by atoms with E-state index in [1.165, 1.54) is 11.8 Å². The van der Waals surface area contributed by atoms with Gasteiger partial charge in [0.15, 0.2) is 11.5 Å². The van der Waals surface area contributed by atoms with Crippen LogP contribution in [0.3, 0.4) is 0 Å². The van der Waals surface area contributed by atoms with Gasteiger partial charge in [0.25, 0.3) is 0 Å². The Hall–Kier alpha value is -1.18. The summed E-state index contributed by atoms with van der Waals surface area (Å²) in [6.45, 7) is 3.66. The lowest BCUT2D eigenvalue weighted by Gasteiger charge is -2.11. The van der Waals surface area contributed by atoms with Gasteiger partial charge in [-0.3, -0.25) is 4.79 Å². The number of hydrogen-bond acceptors (Lipinski definition) is 6. The largest absolute Gasteiger partial charge is 0.493 e. The van der Waals surface area contributed by atoms with Crippen molar-refractivity contribution >= 4 is 55.0 Å². The van der Waals surface area contributed by atoms with Gasteiger partial charge in [0, 0.05) is 15.8 Å². The van der Waals surface area contributed by atoms with Crippen LogP contribution >= 0.6 is 39.5 Å². The molecule has 0 N–H and O–H groups in total. The van der Waals surface area contributed by atoms with Gasteiger partial charge < -0.3 is 9.47 Å². The summed E-state index contributed by atoms with van der Waals surface area (Å²) in [6, 6.07) is 3.66. The van der Waals surface area contributed by atoms with Gasteiger partial charge >= 0.3 is 0 Å². The molecule has 1 heterocycles. The van der Waals surface area contributed by atoms with E-state index in [0.29, 0.717) is 17.2 Å². The van der Waals surface area contributed by atoms with Crippen molar-refractivity contribution in [2.75, 3.05) is 20.0 Å². The zero-order valence-electron chi connectivity index (χ0n) is 12.1. The van der Waals surface area contributed by atoms with Crippen molar-refractivity contribution in [3.8, 4) is 11.5 Å². The molecule has 0 aliphatic carbocycles. The van der Waals surface area contributed by atoms with Crippen LogP contribution in [0.1, 0.15) is 5.56 Å². The van der Waals surface area contributed by atoms with E-state index in [1.807, 2.05) is 6.07 Å². The molecule has 0 radical (unpaired) electrons. The van der Waals surface area contributed by atoms with E-state index in [1.54, 1.807) is 32.4 Å². The van der Waals surface area contributed by atoms with Crippen LogP contribution in [0.25, 0.3) is 6.08 Å². The number of ether oxygens (including phenoxy) is 2. The van der Waals surface area contributed by atoms with Crippen molar-refractivity contribution in [3.05, 3.63) is 40.5 Å². The van der Waals surface area contributed by atoms with Gasteiger partial charge in [-0.2, -0.15) is 0 Å². The minimum atomic E-state index is -0.0763. The Balaban J connectivity index is 2.40. The SMILES string of the molecule is C=CCSC1=N/C(=C/c2cc(Br)cc(OC)c2OC)C(=O)S1. The number of rotatable bonds is 5. The molecule has 1 aliphatic heterocycles. The lowest BCUT2D eigenvalue weighted by molar-refractivity contribution is -0.107. The predicted molar refractivity (Wildman–Crippen MR) is 97.9 cm³/mol. The van der Waals surface area contributed by atoms with Crippen LogP contribution in [0.5, 0.6) is 11.5 Å². The van der Waals surface area contributed by atoms with Crippen molar-refractivity contribution in [3.63, 3.8) is 0 Å². The van der Waals surface area contributed by atoms with Crippen molar-refractivity contribution in [1.82, 2.24) is 0 Å². The van der Waals surface area contributed by atoms with E-state index in [0.717, 1.165) is 31.9 Å². The molecule has 0 saturated heterocycles. The van der Waals surface area contributed by atoms with Crippen LogP contribution in [0.2, 0.25) is 0 Å². The Bertz CT molecular complexity index is 671. The standard InChI is InChI=1S/C15H14BrNO3S2/c1-4-5-21-15-17-11(14(18)22-15)7-9-6-10(16)8-12(19-2)13(9)20-3/h4,6-8H,1,5H2,2-3H3/b11-7+. The van der Waals surface area contributed by atoms with Crippen LogP contribution < -0.4 is 9.47 Å². The highest BCUT2D eigenvalue weighted by molar-refractivity contribution is 9.10. The summed E-state index contributed by atoms with van der Waals surface area (Å²) in [6.07, 6.45) is 3.49. The first-order valence-corrected chi connectivity index (χ1v) is 8.86. The van der Waals surface area contributed by atoms with Crippen LogP contribution in [0.4, 0.5) is 0 Å². The first-order valence-electron chi connectivity index (χ1n) is 6.26.